The van der Waals surface area contributed by atoms with Crippen molar-refractivity contribution in [3.63, 3.8) is 0 Å². The lowest BCUT2D eigenvalue weighted by Crippen LogP contribution is -2.39. The van der Waals surface area contributed by atoms with Gasteiger partial charge in [-0.2, -0.15) is 5.10 Å². The van der Waals surface area contributed by atoms with Crippen molar-refractivity contribution in [1.29, 1.82) is 0 Å². The van der Waals surface area contributed by atoms with Crippen molar-refractivity contribution in [2.75, 3.05) is 6.54 Å². The first-order chi connectivity index (χ1) is 8.41. The summed E-state index contributed by atoms with van der Waals surface area (Å²) >= 11 is 8.69. The van der Waals surface area contributed by atoms with Crippen LogP contribution >= 0.6 is 28.1 Å². The molecule has 102 valence electrons. The van der Waals surface area contributed by atoms with Gasteiger partial charge in [-0.25, -0.2) is 0 Å². The van der Waals surface area contributed by atoms with E-state index in [0.29, 0.717) is 6.04 Å². The molecule has 0 aliphatic rings. The maximum atomic E-state index is 5.16. The van der Waals surface area contributed by atoms with Gasteiger partial charge in [0.25, 0.3) is 0 Å². The Morgan fingerprint density at radius 2 is 2.11 bits per heavy atom. The van der Waals surface area contributed by atoms with E-state index in [1.54, 1.807) is 0 Å². The van der Waals surface area contributed by atoms with Crippen LogP contribution < -0.4 is 10.6 Å². The molecule has 0 amide bonds. The highest BCUT2D eigenvalue weighted by molar-refractivity contribution is 9.10. The van der Waals surface area contributed by atoms with Gasteiger partial charge in [-0.1, -0.05) is 0 Å². The van der Waals surface area contributed by atoms with Gasteiger partial charge in [-0.05, 0) is 62.3 Å². The number of aromatic nitrogens is 2. The molecule has 1 aromatic rings. The number of hydrogen-bond donors (Lipinski definition) is 2. The van der Waals surface area contributed by atoms with E-state index < -0.39 is 0 Å². The van der Waals surface area contributed by atoms with E-state index in [0.717, 1.165) is 34.8 Å². The molecule has 1 aromatic heterocycles. The second kappa shape index (κ2) is 7.09. The summed E-state index contributed by atoms with van der Waals surface area (Å²) in [6, 6.07) is 0.372. The van der Waals surface area contributed by atoms with Crippen LogP contribution in [0.4, 0.5) is 0 Å². The van der Waals surface area contributed by atoms with Gasteiger partial charge < -0.3 is 10.6 Å². The van der Waals surface area contributed by atoms with E-state index in [1.807, 2.05) is 11.6 Å². The lowest BCUT2D eigenvalue weighted by atomic mass is 10.4. The standard InChI is InChI=1S/C12H21BrN4S/c1-8(2)15-12(18)14-6-5-7-17-10(4)11(13)9(3)16-17/h8H,5-7H2,1-4H3,(H2,14,15,18). The Bertz CT molecular complexity index is 414. The Hall–Kier alpha value is -0.620. The van der Waals surface area contributed by atoms with Crippen molar-refractivity contribution in [2.24, 2.45) is 0 Å². The van der Waals surface area contributed by atoms with Crippen molar-refractivity contribution in [1.82, 2.24) is 20.4 Å². The van der Waals surface area contributed by atoms with Gasteiger partial charge in [0.1, 0.15) is 0 Å². The molecule has 18 heavy (non-hydrogen) atoms. The predicted octanol–water partition coefficient (Wildman–Crippen LogP) is 2.53. The second-order valence-electron chi connectivity index (χ2n) is 4.62. The molecule has 1 heterocycles. The Kier molecular flexibility index (Phi) is 6.08. The van der Waals surface area contributed by atoms with Crippen LogP contribution in [0.2, 0.25) is 0 Å². The minimum atomic E-state index is 0.372. The smallest absolute Gasteiger partial charge is 0.166 e. The Morgan fingerprint density at radius 3 is 2.61 bits per heavy atom. The first-order valence-corrected chi connectivity index (χ1v) is 7.35. The molecule has 2 N–H and O–H groups in total. The van der Waals surface area contributed by atoms with Gasteiger partial charge in [0.15, 0.2) is 5.11 Å². The van der Waals surface area contributed by atoms with Crippen molar-refractivity contribution < 1.29 is 0 Å². The molecular formula is C12H21BrN4S. The van der Waals surface area contributed by atoms with Gasteiger partial charge in [0.05, 0.1) is 10.2 Å². The summed E-state index contributed by atoms with van der Waals surface area (Å²) < 4.78 is 3.13. The molecule has 0 bridgehead atoms. The average molecular weight is 333 g/mol. The van der Waals surface area contributed by atoms with Gasteiger partial charge in [0.2, 0.25) is 0 Å². The number of rotatable bonds is 5. The minimum absolute atomic E-state index is 0.372. The van der Waals surface area contributed by atoms with Crippen molar-refractivity contribution in [3.05, 3.63) is 15.9 Å². The van der Waals surface area contributed by atoms with Gasteiger partial charge >= 0.3 is 0 Å². The third-order valence-corrected chi connectivity index (χ3v) is 3.96. The molecule has 0 fully saturated rings. The van der Waals surface area contributed by atoms with Crippen LogP contribution in [0.5, 0.6) is 0 Å². The van der Waals surface area contributed by atoms with Crippen LogP contribution in [0.3, 0.4) is 0 Å². The van der Waals surface area contributed by atoms with E-state index in [1.165, 1.54) is 5.69 Å². The van der Waals surface area contributed by atoms with E-state index in [4.69, 9.17) is 12.2 Å². The summed E-state index contributed by atoms with van der Waals surface area (Å²) in [7, 11) is 0. The van der Waals surface area contributed by atoms with E-state index in [9.17, 15) is 0 Å². The minimum Gasteiger partial charge on any atom is -0.363 e. The first kappa shape index (κ1) is 15.4. The number of nitrogens with zero attached hydrogens (tertiary/aromatic N) is 2. The molecule has 0 spiro atoms. The van der Waals surface area contributed by atoms with E-state index >= 15 is 0 Å². The van der Waals surface area contributed by atoms with Crippen molar-refractivity contribution >= 4 is 33.3 Å². The Labute approximate surface area is 123 Å². The largest absolute Gasteiger partial charge is 0.363 e. The van der Waals surface area contributed by atoms with Crippen LogP contribution in [0.15, 0.2) is 4.47 Å². The van der Waals surface area contributed by atoms with Gasteiger partial charge in [-0.15, -0.1) is 0 Å². The molecule has 0 aliphatic carbocycles. The van der Waals surface area contributed by atoms with E-state index in [2.05, 4.69) is 52.4 Å². The lowest BCUT2D eigenvalue weighted by Gasteiger charge is -2.13. The summed E-state index contributed by atoms with van der Waals surface area (Å²) in [5, 5.41) is 11.5. The molecular weight excluding hydrogens is 312 g/mol. The first-order valence-electron chi connectivity index (χ1n) is 6.15. The number of nitrogens with one attached hydrogen (secondary N) is 2. The summed E-state index contributed by atoms with van der Waals surface area (Å²) in [5.41, 5.74) is 2.22. The van der Waals surface area contributed by atoms with Crippen LogP contribution in [-0.2, 0) is 6.54 Å². The zero-order valence-corrected chi connectivity index (χ0v) is 13.8. The molecule has 6 heteroatoms. The van der Waals surface area contributed by atoms with E-state index in [-0.39, 0.29) is 0 Å². The maximum absolute atomic E-state index is 5.16. The molecule has 0 radical (unpaired) electrons. The second-order valence-corrected chi connectivity index (χ2v) is 5.82. The van der Waals surface area contributed by atoms with Crippen LogP contribution in [0.1, 0.15) is 31.7 Å². The number of thiocarbonyl (C=S) groups is 1. The SMILES string of the molecule is Cc1nn(CCCNC(=S)NC(C)C)c(C)c1Br. The van der Waals surface area contributed by atoms with Crippen LogP contribution in [0, 0.1) is 13.8 Å². The Balaban J connectivity index is 2.30. The number of halogens is 1. The molecule has 0 atom stereocenters. The number of aryl methyl sites for hydroxylation is 2. The fraction of sp³-hybridized carbons (Fsp3) is 0.667. The quantitative estimate of drug-likeness (QED) is 0.642. The fourth-order valence-electron chi connectivity index (χ4n) is 1.64. The van der Waals surface area contributed by atoms with Gasteiger partial charge in [0, 0.05) is 24.8 Å². The summed E-state index contributed by atoms with van der Waals surface area (Å²) in [6.07, 6.45) is 0.994. The third-order valence-electron chi connectivity index (χ3n) is 2.55. The molecule has 4 nitrogen and oxygen atoms in total. The van der Waals surface area contributed by atoms with Crippen molar-refractivity contribution in [2.45, 2.75) is 46.7 Å². The highest BCUT2D eigenvalue weighted by Gasteiger charge is 2.07. The molecule has 0 saturated carbocycles. The summed E-state index contributed by atoms with van der Waals surface area (Å²) in [6.45, 7) is 9.98. The zero-order valence-electron chi connectivity index (χ0n) is 11.4. The predicted molar refractivity (Wildman–Crippen MR) is 82.9 cm³/mol. The summed E-state index contributed by atoms with van der Waals surface area (Å²) in [5.74, 6) is 0. The monoisotopic (exact) mass is 332 g/mol. The topological polar surface area (TPSA) is 41.9 Å². The van der Waals surface area contributed by atoms with Gasteiger partial charge in [-0.3, -0.25) is 4.68 Å². The highest BCUT2D eigenvalue weighted by atomic mass is 79.9. The fourth-order valence-corrected chi connectivity index (χ4v) is 2.26. The maximum Gasteiger partial charge on any atom is 0.166 e. The van der Waals surface area contributed by atoms with Crippen LogP contribution in [0.25, 0.3) is 0 Å². The third kappa shape index (κ3) is 4.57. The zero-order chi connectivity index (χ0) is 13.7. The molecule has 0 aliphatic heterocycles. The average Bonchev–Trinajstić information content (AvgIpc) is 2.51. The Morgan fingerprint density at radius 1 is 1.44 bits per heavy atom. The molecule has 1 rings (SSSR count). The van der Waals surface area contributed by atoms with Crippen LogP contribution in [-0.4, -0.2) is 27.5 Å². The molecule has 0 aromatic carbocycles. The highest BCUT2D eigenvalue weighted by Crippen LogP contribution is 2.19. The normalized spacial score (nSPS) is 10.8. The molecule has 0 unspecified atom stereocenters. The summed E-state index contributed by atoms with van der Waals surface area (Å²) in [4.78, 5) is 0. The van der Waals surface area contributed by atoms with Crippen molar-refractivity contribution in [3.8, 4) is 0 Å². The molecule has 0 saturated heterocycles. The lowest BCUT2D eigenvalue weighted by molar-refractivity contribution is 0.555. The number of hydrogen-bond acceptors (Lipinski definition) is 2.